The lowest BCUT2D eigenvalue weighted by atomic mass is 9.69. The van der Waals surface area contributed by atoms with Crippen LogP contribution in [0.4, 0.5) is 0 Å². The number of fused-ring (bicyclic) bond motifs is 3. The Labute approximate surface area is 163 Å². The fourth-order valence-electron chi connectivity index (χ4n) is 6.25. The molecule has 0 aromatic heterocycles. The van der Waals surface area contributed by atoms with Crippen LogP contribution >= 0.6 is 0 Å². The van der Waals surface area contributed by atoms with Gasteiger partial charge < -0.3 is 14.2 Å². The van der Waals surface area contributed by atoms with Crippen molar-refractivity contribution in [2.24, 2.45) is 28.1 Å². The van der Waals surface area contributed by atoms with E-state index in [4.69, 9.17) is 14.2 Å². The quantitative estimate of drug-likeness (QED) is 0.703. The second-order valence-electron chi connectivity index (χ2n) is 10.3. The third-order valence-electron chi connectivity index (χ3n) is 8.38. The summed E-state index contributed by atoms with van der Waals surface area (Å²) in [6.45, 7) is 14.5. The zero-order chi connectivity index (χ0) is 19.7. The number of hydrogen-bond acceptors (Lipinski definition) is 4. The molecule has 4 heteroatoms. The van der Waals surface area contributed by atoms with Crippen molar-refractivity contribution in [2.75, 3.05) is 13.2 Å². The molecule has 4 aliphatic rings. The van der Waals surface area contributed by atoms with Gasteiger partial charge in [0.2, 0.25) is 5.79 Å². The van der Waals surface area contributed by atoms with Crippen molar-refractivity contribution < 1.29 is 14.2 Å². The summed E-state index contributed by atoms with van der Waals surface area (Å²) >= 11 is 0. The van der Waals surface area contributed by atoms with Gasteiger partial charge in [-0.15, -0.1) is 0 Å². The average molecular weight is 372 g/mol. The van der Waals surface area contributed by atoms with Gasteiger partial charge in [0.15, 0.2) is 6.10 Å². The standard InChI is InChI=1S/C23H33NO3/c1-15-7-8-16(13-17(15)20(2,3)14-24)27-19-22(6)10-9-18(21(22,4)5)23(19)25-11-12-26-23/h7-8,17-19H,9-13H2,1-6H3/t17-,18-,19-,22-/m0/s1. The Kier molecular flexibility index (Phi) is 4.12. The van der Waals surface area contributed by atoms with Crippen LogP contribution in [0.3, 0.4) is 0 Å². The van der Waals surface area contributed by atoms with Gasteiger partial charge >= 0.3 is 0 Å². The monoisotopic (exact) mass is 371 g/mol. The van der Waals surface area contributed by atoms with Crippen LogP contribution in [0.25, 0.3) is 0 Å². The molecule has 3 aliphatic carbocycles. The van der Waals surface area contributed by atoms with Crippen molar-refractivity contribution in [3.8, 4) is 6.07 Å². The minimum absolute atomic E-state index is 0.0132. The van der Waals surface area contributed by atoms with Crippen molar-refractivity contribution >= 4 is 0 Å². The lowest BCUT2D eigenvalue weighted by molar-refractivity contribution is -0.258. The number of nitrogens with zero attached hydrogens (tertiary/aromatic N) is 1. The SMILES string of the molecule is CC1=CC=C(O[C@@H]2C3(OCCO3)[C@H]3CC[C@]2(C)C3(C)C)C[C@@H]1C(C)(C)C#N. The maximum Gasteiger partial charge on any atom is 0.210 e. The Morgan fingerprint density at radius 1 is 1.19 bits per heavy atom. The van der Waals surface area contributed by atoms with Gasteiger partial charge in [0.05, 0.1) is 30.5 Å². The number of ether oxygens (including phenoxy) is 3. The summed E-state index contributed by atoms with van der Waals surface area (Å²) < 4.78 is 19.3. The molecule has 0 unspecified atom stereocenters. The van der Waals surface area contributed by atoms with Crippen molar-refractivity contribution in [1.82, 2.24) is 0 Å². The molecule has 148 valence electrons. The molecule has 1 saturated heterocycles. The fourth-order valence-corrected chi connectivity index (χ4v) is 6.25. The predicted octanol–water partition coefficient (Wildman–Crippen LogP) is 4.97. The van der Waals surface area contributed by atoms with Crippen LogP contribution in [-0.2, 0) is 14.2 Å². The third-order valence-corrected chi connectivity index (χ3v) is 8.38. The van der Waals surface area contributed by atoms with E-state index in [2.05, 4.69) is 45.9 Å². The minimum Gasteiger partial charge on any atom is -0.489 e. The molecule has 4 rings (SSSR count). The molecule has 4 nitrogen and oxygen atoms in total. The highest BCUT2D eigenvalue weighted by Crippen LogP contribution is 2.71. The van der Waals surface area contributed by atoms with Crippen molar-refractivity contribution in [2.45, 2.75) is 72.7 Å². The maximum absolute atomic E-state index is 9.62. The van der Waals surface area contributed by atoms with Crippen molar-refractivity contribution in [3.63, 3.8) is 0 Å². The zero-order valence-electron chi connectivity index (χ0n) is 17.6. The summed E-state index contributed by atoms with van der Waals surface area (Å²) in [5.74, 6) is 0.869. The molecule has 1 heterocycles. The summed E-state index contributed by atoms with van der Waals surface area (Å²) in [5, 5.41) is 9.62. The molecule has 27 heavy (non-hydrogen) atoms. The van der Waals surface area contributed by atoms with Gasteiger partial charge in [0.25, 0.3) is 0 Å². The van der Waals surface area contributed by atoms with Crippen LogP contribution in [0.15, 0.2) is 23.5 Å². The first-order valence-corrected chi connectivity index (χ1v) is 10.3. The van der Waals surface area contributed by atoms with Gasteiger partial charge in [-0.05, 0) is 45.1 Å². The summed E-state index contributed by atoms with van der Waals surface area (Å²) in [7, 11) is 0. The smallest absolute Gasteiger partial charge is 0.210 e. The van der Waals surface area contributed by atoms with Gasteiger partial charge in [-0.25, -0.2) is 0 Å². The molecule has 4 atom stereocenters. The third kappa shape index (κ3) is 2.41. The topological polar surface area (TPSA) is 51.5 Å². The number of allylic oxidation sites excluding steroid dienone is 4. The van der Waals surface area contributed by atoms with E-state index in [1.54, 1.807) is 0 Å². The van der Waals surface area contributed by atoms with E-state index >= 15 is 0 Å². The summed E-state index contributed by atoms with van der Waals surface area (Å²) in [6.07, 6.45) is 7.13. The zero-order valence-corrected chi connectivity index (χ0v) is 17.6. The largest absolute Gasteiger partial charge is 0.489 e. The fraction of sp³-hybridized carbons (Fsp3) is 0.783. The van der Waals surface area contributed by atoms with E-state index in [0.29, 0.717) is 19.1 Å². The average Bonchev–Trinajstić information content (AvgIpc) is 3.20. The van der Waals surface area contributed by atoms with Crippen LogP contribution in [-0.4, -0.2) is 25.1 Å². The van der Waals surface area contributed by atoms with E-state index < -0.39 is 11.2 Å². The van der Waals surface area contributed by atoms with Crippen molar-refractivity contribution in [1.29, 1.82) is 5.26 Å². The van der Waals surface area contributed by atoms with E-state index in [-0.39, 0.29) is 22.9 Å². The summed E-state index contributed by atoms with van der Waals surface area (Å²) in [6, 6.07) is 2.48. The van der Waals surface area contributed by atoms with E-state index in [9.17, 15) is 5.26 Å². The molecule has 1 spiro atoms. The Bertz CT molecular complexity index is 735. The Balaban J connectivity index is 1.65. The molecule has 0 aromatic carbocycles. The molecular formula is C23H33NO3. The number of rotatable bonds is 3. The summed E-state index contributed by atoms with van der Waals surface area (Å²) in [4.78, 5) is 0. The van der Waals surface area contributed by atoms with Gasteiger partial charge in [-0.3, -0.25) is 0 Å². The first-order valence-electron chi connectivity index (χ1n) is 10.3. The van der Waals surface area contributed by atoms with Crippen molar-refractivity contribution in [3.05, 3.63) is 23.5 Å². The molecule has 1 aliphatic heterocycles. The van der Waals surface area contributed by atoms with Crippen LogP contribution in [0.1, 0.15) is 60.8 Å². The number of hydrogen-bond donors (Lipinski definition) is 0. The van der Waals surface area contributed by atoms with Crippen LogP contribution in [0, 0.1) is 39.4 Å². The van der Waals surface area contributed by atoms with Crippen LogP contribution < -0.4 is 0 Å². The maximum atomic E-state index is 9.62. The lowest BCUT2D eigenvalue weighted by Crippen LogP contribution is -2.52. The Morgan fingerprint density at radius 3 is 2.48 bits per heavy atom. The van der Waals surface area contributed by atoms with Gasteiger partial charge in [-0.1, -0.05) is 32.4 Å². The number of nitriles is 1. The Morgan fingerprint density at radius 2 is 1.85 bits per heavy atom. The van der Waals surface area contributed by atoms with E-state index in [1.165, 1.54) is 5.57 Å². The second-order valence-corrected chi connectivity index (χ2v) is 10.3. The molecule has 2 bridgehead atoms. The molecule has 3 fully saturated rings. The highest BCUT2D eigenvalue weighted by Gasteiger charge is 2.77. The molecule has 2 saturated carbocycles. The molecule has 0 amide bonds. The minimum atomic E-state index is -0.617. The van der Waals surface area contributed by atoms with E-state index in [1.807, 2.05) is 13.8 Å². The predicted molar refractivity (Wildman–Crippen MR) is 103 cm³/mol. The van der Waals surface area contributed by atoms with Gasteiger partial charge in [-0.2, -0.15) is 5.26 Å². The lowest BCUT2D eigenvalue weighted by Gasteiger charge is -2.44. The first kappa shape index (κ1) is 19.0. The molecule has 0 aromatic rings. The summed E-state index contributed by atoms with van der Waals surface area (Å²) in [5.41, 5.74) is 0.948. The van der Waals surface area contributed by atoms with E-state index in [0.717, 1.165) is 25.0 Å². The molecular weight excluding hydrogens is 338 g/mol. The van der Waals surface area contributed by atoms with Gasteiger partial charge in [0, 0.05) is 23.7 Å². The normalized spacial score (nSPS) is 39.2. The van der Waals surface area contributed by atoms with Crippen LogP contribution in [0.5, 0.6) is 0 Å². The van der Waals surface area contributed by atoms with Crippen LogP contribution in [0.2, 0.25) is 0 Å². The second kappa shape index (κ2) is 5.84. The highest BCUT2D eigenvalue weighted by atomic mass is 16.8. The van der Waals surface area contributed by atoms with Gasteiger partial charge in [0.1, 0.15) is 0 Å². The molecule has 0 N–H and O–H groups in total. The first-order chi connectivity index (χ1) is 12.6. The Hall–Kier alpha value is -1.31. The molecule has 0 radical (unpaired) electrons. The highest BCUT2D eigenvalue weighted by molar-refractivity contribution is 5.28.